The van der Waals surface area contributed by atoms with Crippen LogP contribution in [0.25, 0.3) is 11.1 Å². The summed E-state index contributed by atoms with van der Waals surface area (Å²) in [5, 5.41) is 12.2. The lowest BCUT2D eigenvalue weighted by Gasteiger charge is -2.18. The average Bonchev–Trinajstić information content (AvgIpc) is 2.91. The van der Waals surface area contributed by atoms with Gasteiger partial charge < -0.3 is 10.4 Å². The lowest BCUT2D eigenvalue weighted by molar-refractivity contribution is -0.139. The number of nitrogens with one attached hydrogen (secondary N) is 2. The molecular weight excluding hydrogens is 520 g/mol. The van der Waals surface area contributed by atoms with Crippen LogP contribution in [-0.4, -0.2) is 50.0 Å². The number of amides is 1. The number of carboxylic acids is 1. The van der Waals surface area contributed by atoms with Crippen LogP contribution in [0, 0.1) is 6.92 Å². The first kappa shape index (κ1) is 29.4. The highest BCUT2D eigenvalue weighted by Crippen LogP contribution is 2.29. The molecule has 0 unspecified atom stereocenters. The summed E-state index contributed by atoms with van der Waals surface area (Å²) in [6.07, 6.45) is 4.56. The summed E-state index contributed by atoms with van der Waals surface area (Å²) in [4.78, 5) is 24.9. The van der Waals surface area contributed by atoms with E-state index in [0.29, 0.717) is 29.8 Å². The molecule has 1 amide bonds. The molecule has 0 aliphatic heterocycles. The highest BCUT2D eigenvalue weighted by atomic mass is 32.2. The number of benzene rings is 3. The van der Waals surface area contributed by atoms with E-state index < -0.39 is 27.9 Å². The Hall–Kier alpha value is -3.14. The van der Waals surface area contributed by atoms with Crippen LogP contribution in [0.15, 0.2) is 77.7 Å². The normalized spacial score (nSPS) is 12.2. The number of hydrogen-bond acceptors (Lipinski definition) is 5. The van der Waals surface area contributed by atoms with Crippen molar-refractivity contribution in [1.82, 2.24) is 10.0 Å². The number of sulfonamides is 1. The van der Waals surface area contributed by atoms with Gasteiger partial charge in [-0.3, -0.25) is 4.79 Å². The van der Waals surface area contributed by atoms with Crippen molar-refractivity contribution < 1.29 is 23.1 Å². The fourth-order valence-electron chi connectivity index (χ4n) is 4.10. The Bertz CT molecular complexity index is 1340. The minimum atomic E-state index is -3.82. The number of thioether (sulfide) groups is 1. The molecule has 0 aliphatic carbocycles. The van der Waals surface area contributed by atoms with Crippen LogP contribution in [0.3, 0.4) is 0 Å². The van der Waals surface area contributed by atoms with Crippen LogP contribution in [0.2, 0.25) is 0 Å². The van der Waals surface area contributed by atoms with Crippen LogP contribution < -0.4 is 10.0 Å². The summed E-state index contributed by atoms with van der Waals surface area (Å²) >= 11 is 1.50. The molecule has 0 saturated carbocycles. The largest absolute Gasteiger partial charge is 0.480 e. The Kier molecular flexibility index (Phi) is 10.9. The van der Waals surface area contributed by atoms with Gasteiger partial charge in [0.25, 0.3) is 5.91 Å². The summed E-state index contributed by atoms with van der Waals surface area (Å²) in [6.45, 7) is 2.18. The third kappa shape index (κ3) is 8.18. The molecule has 0 bridgehead atoms. The minimum Gasteiger partial charge on any atom is -0.480 e. The van der Waals surface area contributed by atoms with Gasteiger partial charge in [-0.1, -0.05) is 54.6 Å². The number of aliphatic carboxylic acids is 1. The predicted octanol–water partition coefficient (Wildman–Crippen LogP) is 4.90. The molecule has 0 fully saturated rings. The molecular formula is C29H34N2O5S2. The first-order chi connectivity index (χ1) is 18.2. The van der Waals surface area contributed by atoms with E-state index in [4.69, 9.17) is 0 Å². The molecule has 0 saturated heterocycles. The number of carbonyl (C=O) groups excluding carboxylic acids is 1. The highest BCUT2D eigenvalue weighted by Gasteiger charge is 2.24. The quantitative estimate of drug-likeness (QED) is 0.244. The number of rotatable bonds is 14. The molecule has 0 radical (unpaired) electrons. The van der Waals surface area contributed by atoms with Gasteiger partial charge in [0.2, 0.25) is 10.0 Å². The summed E-state index contributed by atoms with van der Waals surface area (Å²) in [7, 11) is -3.82. The maximum absolute atomic E-state index is 13.2. The molecule has 3 rings (SSSR count). The van der Waals surface area contributed by atoms with Gasteiger partial charge in [0.1, 0.15) is 6.04 Å². The third-order valence-electron chi connectivity index (χ3n) is 6.22. The molecule has 1 atom stereocenters. The van der Waals surface area contributed by atoms with E-state index in [1.807, 2.05) is 55.6 Å². The zero-order valence-corrected chi connectivity index (χ0v) is 23.3. The zero-order valence-electron chi connectivity index (χ0n) is 21.6. The average molecular weight is 555 g/mol. The lowest BCUT2D eigenvalue weighted by Crippen LogP contribution is -2.41. The molecule has 0 aromatic heterocycles. The molecule has 38 heavy (non-hydrogen) atoms. The fraction of sp³-hybridized carbons (Fsp3) is 0.310. The van der Waals surface area contributed by atoms with E-state index in [-0.39, 0.29) is 16.9 Å². The van der Waals surface area contributed by atoms with Crippen LogP contribution in [-0.2, 0) is 21.2 Å². The topological polar surface area (TPSA) is 113 Å². The van der Waals surface area contributed by atoms with Crippen molar-refractivity contribution in [1.29, 1.82) is 0 Å². The van der Waals surface area contributed by atoms with Crippen molar-refractivity contribution >= 4 is 33.7 Å². The van der Waals surface area contributed by atoms with E-state index in [1.165, 1.54) is 35.5 Å². The van der Waals surface area contributed by atoms with Crippen molar-refractivity contribution in [2.45, 2.75) is 43.5 Å². The zero-order chi connectivity index (χ0) is 27.5. The van der Waals surface area contributed by atoms with Crippen LogP contribution >= 0.6 is 11.8 Å². The standard InChI is InChI=1S/C29H34N2O5S2/c1-21-10-6-7-14-24(21)26-20-23(15-16-25(26)28(32)31-27(29(33)34)17-19-37-2)38(35,36)30-18-9-8-13-22-11-4-3-5-12-22/h3-7,10-12,14-16,20,27,30H,8-9,13,17-19H2,1-2H3,(H,31,32)(H,33,34)/t27-/m0/s1. The number of aryl methyl sites for hydroxylation is 2. The van der Waals surface area contributed by atoms with E-state index in [0.717, 1.165) is 18.4 Å². The Morgan fingerprint density at radius 2 is 1.66 bits per heavy atom. The van der Waals surface area contributed by atoms with Gasteiger partial charge in [0.05, 0.1) is 4.90 Å². The summed E-state index contributed by atoms with van der Waals surface area (Å²) in [5.41, 5.74) is 3.43. The van der Waals surface area contributed by atoms with Gasteiger partial charge in [-0.15, -0.1) is 0 Å². The number of carboxylic acid groups (broad SMARTS) is 1. The molecule has 0 aliphatic rings. The number of unbranched alkanes of at least 4 members (excludes halogenated alkanes) is 1. The van der Waals surface area contributed by atoms with Crippen molar-refractivity contribution in [3.05, 3.63) is 89.5 Å². The van der Waals surface area contributed by atoms with Gasteiger partial charge in [-0.05, 0) is 85.1 Å². The van der Waals surface area contributed by atoms with Gasteiger partial charge in [-0.2, -0.15) is 11.8 Å². The fourth-order valence-corrected chi connectivity index (χ4v) is 5.68. The van der Waals surface area contributed by atoms with Crippen molar-refractivity contribution in [3.63, 3.8) is 0 Å². The first-order valence-corrected chi connectivity index (χ1v) is 15.4. The van der Waals surface area contributed by atoms with E-state index >= 15 is 0 Å². The second kappa shape index (κ2) is 14.1. The van der Waals surface area contributed by atoms with Crippen molar-refractivity contribution in [2.24, 2.45) is 0 Å². The van der Waals surface area contributed by atoms with Gasteiger partial charge in [-0.25, -0.2) is 17.9 Å². The number of hydrogen-bond donors (Lipinski definition) is 3. The SMILES string of the molecule is CSCC[C@H](NC(=O)c1ccc(S(=O)(=O)NCCCCc2ccccc2)cc1-c1ccccc1C)C(=O)O. The maximum atomic E-state index is 13.2. The second-order valence-electron chi connectivity index (χ2n) is 9.01. The van der Waals surface area contributed by atoms with Crippen LogP contribution in [0.5, 0.6) is 0 Å². The van der Waals surface area contributed by atoms with Crippen molar-refractivity contribution in [3.8, 4) is 11.1 Å². The highest BCUT2D eigenvalue weighted by molar-refractivity contribution is 7.98. The third-order valence-corrected chi connectivity index (χ3v) is 8.33. The Morgan fingerprint density at radius 3 is 2.34 bits per heavy atom. The van der Waals surface area contributed by atoms with Gasteiger partial charge in [0.15, 0.2) is 0 Å². The Morgan fingerprint density at radius 1 is 0.947 bits per heavy atom. The summed E-state index contributed by atoms with van der Waals surface area (Å²) in [6, 6.07) is 20.7. The lowest BCUT2D eigenvalue weighted by atomic mass is 9.95. The first-order valence-electron chi connectivity index (χ1n) is 12.5. The van der Waals surface area contributed by atoms with Gasteiger partial charge in [0, 0.05) is 12.1 Å². The van der Waals surface area contributed by atoms with Gasteiger partial charge >= 0.3 is 5.97 Å². The van der Waals surface area contributed by atoms with E-state index in [1.54, 1.807) is 0 Å². The molecule has 3 aromatic rings. The molecule has 0 spiro atoms. The Balaban J connectivity index is 1.81. The molecule has 7 nitrogen and oxygen atoms in total. The van der Waals surface area contributed by atoms with Crippen molar-refractivity contribution in [2.75, 3.05) is 18.6 Å². The summed E-state index contributed by atoms with van der Waals surface area (Å²) < 4.78 is 28.9. The Labute approximate surface area is 229 Å². The van der Waals surface area contributed by atoms with Crippen LogP contribution in [0.4, 0.5) is 0 Å². The van der Waals surface area contributed by atoms with E-state index in [9.17, 15) is 23.1 Å². The molecule has 0 heterocycles. The smallest absolute Gasteiger partial charge is 0.326 e. The monoisotopic (exact) mass is 554 g/mol. The van der Waals surface area contributed by atoms with E-state index in [2.05, 4.69) is 22.2 Å². The van der Waals surface area contributed by atoms with Crippen LogP contribution in [0.1, 0.15) is 40.7 Å². The predicted molar refractivity (Wildman–Crippen MR) is 153 cm³/mol. The molecule has 202 valence electrons. The molecule has 3 aromatic carbocycles. The maximum Gasteiger partial charge on any atom is 0.326 e. The minimum absolute atomic E-state index is 0.0486. The second-order valence-corrected chi connectivity index (χ2v) is 11.8. The molecule has 3 N–H and O–H groups in total. The number of carbonyl (C=O) groups is 2. The molecule has 9 heteroatoms. The summed E-state index contributed by atoms with van der Waals surface area (Å²) in [5.74, 6) is -1.09.